The van der Waals surface area contributed by atoms with Gasteiger partial charge in [0.2, 0.25) is 0 Å². The van der Waals surface area contributed by atoms with E-state index in [1.54, 1.807) is 0 Å². The second-order valence-corrected chi connectivity index (χ2v) is 9.46. The van der Waals surface area contributed by atoms with Crippen molar-refractivity contribution >= 4 is 67.8 Å². The Balaban J connectivity index is 2.82. The molecule has 0 spiro atoms. The van der Waals surface area contributed by atoms with Gasteiger partial charge in [0, 0.05) is 0 Å². The molecule has 0 saturated carbocycles. The summed E-state index contributed by atoms with van der Waals surface area (Å²) in [4.78, 5) is 0. The molecular formula is C9H17I3. The van der Waals surface area contributed by atoms with E-state index in [4.69, 9.17) is 0 Å². The molecule has 0 aromatic heterocycles. The molecular weight excluding hydrogens is 489 g/mol. The lowest BCUT2D eigenvalue weighted by Crippen LogP contribution is -1.85. The summed E-state index contributed by atoms with van der Waals surface area (Å²) >= 11 is 7.47. The number of rotatable bonds is 8. The van der Waals surface area contributed by atoms with Gasteiger partial charge in [-0.25, -0.2) is 0 Å². The maximum atomic E-state index is 2.50. The lowest BCUT2D eigenvalue weighted by atomic mass is 10.1. The van der Waals surface area contributed by atoms with E-state index >= 15 is 0 Å². The summed E-state index contributed by atoms with van der Waals surface area (Å²) in [7, 11) is 0. The van der Waals surface area contributed by atoms with Crippen LogP contribution in [-0.2, 0) is 0 Å². The number of hydrogen-bond acceptors (Lipinski definition) is 0. The third kappa shape index (κ3) is 12.2. The number of hydrogen-bond donors (Lipinski definition) is 0. The highest BCUT2D eigenvalue weighted by atomic mass is 127. The molecule has 0 amide bonds. The monoisotopic (exact) mass is 506 g/mol. The molecule has 0 saturated heterocycles. The topological polar surface area (TPSA) is 0 Å². The van der Waals surface area contributed by atoms with E-state index in [1.807, 2.05) is 0 Å². The van der Waals surface area contributed by atoms with E-state index < -0.39 is 0 Å². The summed E-state index contributed by atoms with van der Waals surface area (Å²) in [6, 6.07) is 0. The maximum absolute atomic E-state index is 2.50. The van der Waals surface area contributed by atoms with Gasteiger partial charge in [0.05, 0.1) is 1.93 Å². The molecule has 0 bridgehead atoms. The van der Waals surface area contributed by atoms with Crippen molar-refractivity contribution in [3.8, 4) is 0 Å². The smallest absolute Gasteiger partial charge is 0.0626 e. The molecule has 0 aliphatic heterocycles. The molecule has 0 N–H and O–H groups in total. The van der Waals surface area contributed by atoms with Crippen LogP contribution in [0, 0.1) is 0 Å². The van der Waals surface area contributed by atoms with Gasteiger partial charge in [-0.1, -0.05) is 99.9 Å². The zero-order valence-corrected chi connectivity index (χ0v) is 13.8. The first-order valence-electron chi connectivity index (χ1n) is 4.61. The Morgan fingerprint density at radius 3 is 1.75 bits per heavy atom. The maximum Gasteiger partial charge on any atom is 0.0626 e. The first-order chi connectivity index (χ1) is 5.77. The molecule has 0 nitrogen and oxygen atoms in total. The molecule has 0 aliphatic carbocycles. The van der Waals surface area contributed by atoms with Crippen LogP contribution in [0.2, 0.25) is 0 Å². The van der Waals surface area contributed by atoms with Crippen LogP contribution in [0.15, 0.2) is 0 Å². The van der Waals surface area contributed by atoms with Gasteiger partial charge in [-0.3, -0.25) is 0 Å². The summed E-state index contributed by atoms with van der Waals surface area (Å²) in [6.07, 6.45) is 10.0. The normalized spacial score (nSPS) is 11.0. The van der Waals surface area contributed by atoms with Crippen molar-refractivity contribution in [1.82, 2.24) is 0 Å². The van der Waals surface area contributed by atoms with Gasteiger partial charge in [0.25, 0.3) is 0 Å². The molecule has 74 valence electrons. The Hall–Kier alpha value is 2.19. The molecule has 0 atom stereocenters. The molecule has 0 unspecified atom stereocenters. The first kappa shape index (κ1) is 14.2. The molecule has 0 fully saturated rings. The van der Waals surface area contributed by atoms with E-state index in [-0.39, 0.29) is 0 Å². The predicted molar refractivity (Wildman–Crippen MR) is 83.0 cm³/mol. The average Bonchev–Trinajstić information content (AvgIpc) is 2.02. The Morgan fingerprint density at radius 1 is 0.750 bits per heavy atom. The second-order valence-electron chi connectivity index (χ2n) is 2.99. The lowest BCUT2D eigenvalue weighted by molar-refractivity contribution is 0.606. The summed E-state index contributed by atoms with van der Waals surface area (Å²) in [5.41, 5.74) is 0. The number of alkyl halides is 3. The van der Waals surface area contributed by atoms with Gasteiger partial charge in [-0.05, 0) is 17.3 Å². The Kier molecular flexibility index (Phi) is 13.3. The van der Waals surface area contributed by atoms with Crippen molar-refractivity contribution in [3.63, 3.8) is 0 Å². The van der Waals surface area contributed by atoms with Crippen molar-refractivity contribution in [1.29, 1.82) is 0 Å². The lowest BCUT2D eigenvalue weighted by Gasteiger charge is -2.01. The highest BCUT2D eigenvalue weighted by Crippen LogP contribution is 2.18. The summed E-state index contributed by atoms with van der Waals surface area (Å²) in [5.74, 6) is 0. The SMILES string of the molecule is ICCCCCCCCC(I)I. The molecule has 0 radical (unpaired) electrons. The van der Waals surface area contributed by atoms with Crippen LogP contribution in [0.4, 0.5) is 0 Å². The van der Waals surface area contributed by atoms with Crippen LogP contribution in [-0.4, -0.2) is 6.36 Å². The van der Waals surface area contributed by atoms with Gasteiger partial charge in [0.15, 0.2) is 0 Å². The zero-order chi connectivity index (χ0) is 9.23. The standard InChI is InChI=1S/C9H17I3/c10-8-6-4-2-1-3-5-7-9(11)12/h9H,1-8H2. The van der Waals surface area contributed by atoms with Gasteiger partial charge < -0.3 is 0 Å². The van der Waals surface area contributed by atoms with Crippen LogP contribution < -0.4 is 0 Å². The van der Waals surface area contributed by atoms with Crippen molar-refractivity contribution in [2.24, 2.45) is 0 Å². The van der Waals surface area contributed by atoms with Gasteiger partial charge in [0.1, 0.15) is 0 Å². The van der Waals surface area contributed by atoms with Crippen molar-refractivity contribution < 1.29 is 0 Å². The molecule has 0 aromatic rings. The van der Waals surface area contributed by atoms with E-state index in [2.05, 4.69) is 67.8 Å². The third-order valence-electron chi connectivity index (χ3n) is 1.81. The molecule has 3 heteroatoms. The minimum atomic E-state index is 0.842. The largest absolute Gasteiger partial charge is 0.0864 e. The van der Waals surface area contributed by atoms with Crippen LogP contribution in [0.3, 0.4) is 0 Å². The van der Waals surface area contributed by atoms with Crippen molar-refractivity contribution in [3.05, 3.63) is 0 Å². The summed E-state index contributed by atoms with van der Waals surface area (Å²) in [5, 5.41) is 0. The molecule has 0 heterocycles. The van der Waals surface area contributed by atoms with Crippen LogP contribution in [0.25, 0.3) is 0 Å². The van der Waals surface area contributed by atoms with E-state index in [0.29, 0.717) is 0 Å². The van der Waals surface area contributed by atoms with Crippen LogP contribution >= 0.6 is 67.8 Å². The van der Waals surface area contributed by atoms with Crippen molar-refractivity contribution in [2.45, 2.75) is 46.9 Å². The minimum Gasteiger partial charge on any atom is -0.0864 e. The van der Waals surface area contributed by atoms with Gasteiger partial charge in [-0.2, -0.15) is 0 Å². The van der Waals surface area contributed by atoms with Gasteiger partial charge in [-0.15, -0.1) is 0 Å². The fourth-order valence-corrected chi connectivity index (χ4v) is 2.52. The quantitative estimate of drug-likeness (QED) is 0.237. The number of halogens is 3. The molecule has 12 heavy (non-hydrogen) atoms. The summed E-state index contributed by atoms with van der Waals surface area (Å²) in [6.45, 7) is 0. The van der Waals surface area contributed by atoms with E-state index in [9.17, 15) is 0 Å². The zero-order valence-electron chi connectivity index (χ0n) is 7.37. The van der Waals surface area contributed by atoms with Crippen LogP contribution in [0.1, 0.15) is 44.9 Å². The fourth-order valence-electron chi connectivity index (χ4n) is 1.10. The molecule has 0 rings (SSSR count). The average molecular weight is 506 g/mol. The molecule has 0 aliphatic rings. The summed E-state index contributed by atoms with van der Waals surface area (Å²) < 4.78 is 2.18. The number of unbranched alkanes of at least 4 members (excludes halogenated alkanes) is 5. The Morgan fingerprint density at radius 2 is 1.25 bits per heavy atom. The highest BCUT2D eigenvalue weighted by Gasteiger charge is 1.96. The van der Waals surface area contributed by atoms with E-state index in [1.165, 1.54) is 49.4 Å². The highest BCUT2D eigenvalue weighted by molar-refractivity contribution is 14.2. The fraction of sp³-hybridized carbons (Fsp3) is 1.00. The van der Waals surface area contributed by atoms with Gasteiger partial charge >= 0.3 is 0 Å². The first-order valence-corrected chi connectivity index (χ1v) is 8.63. The van der Waals surface area contributed by atoms with Crippen LogP contribution in [0.5, 0.6) is 0 Å². The van der Waals surface area contributed by atoms with Crippen molar-refractivity contribution in [2.75, 3.05) is 4.43 Å². The molecule has 0 aromatic carbocycles. The minimum absolute atomic E-state index is 0.842. The Labute approximate surface area is 117 Å². The van der Waals surface area contributed by atoms with E-state index in [0.717, 1.165) is 1.93 Å². The third-order valence-corrected chi connectivity index (χ3v) is 3.81. The predicted octanol–water partition coefficient (Wildman–Crippen LogP) is 5.35. The second kappa shape index (κ2) is 11.3. The Bertz CT molecular complexity index is 83.8.